The van der Waals surface area contributed by atoms with Gasteiger partial charge in [-0.25, -0.2) is 14.5 Å². The van der Waals surface area contributed by atoms with Gasteiger partial charge in [0.2, 0.25) is 0 Å². The molecule has 5 rings (SSSR count). The van der Waals surface area contributed by atoms with Crippen molar-refractivity contribution in [1.82, 2.24) is 34.9 Å². The van der Waals surface area contributed by atoms with Crippen LogP contribution in [0, 0.1) is 20.8 Å². The van der Waals surface area contributed by atoms with Gasteiger partial charge in [0.1, 0.15) is 12.2 Å². The molecule has 0 amide bonds. The second kappa shape index (κ2) is 8.36. The van der Waals surface area contributed by atoms with Crippen LogP contribution in [0.1, 0.15) is 28.2 Å². The first kappa shape index (κ1) is 20.1. The van der Waals surface area contributed by atoms with Crippen LogP contribution in [0.2, 0.25) is 0 Å². The van der Waals surface area contributed by atoms with Crippen molar-refractivity contribution in [2.24, 2.45) is 0 Å². The van der Waals surface area contributed by atoms with Gasteiger partial charge in [-0.2, -0.15) is 5.10 Å². The molecule has 4 heterocycles. The van der Waals surface area contributed by atoms with Crippen LogP contribution in [0.25, 0.3) is 28.3 Å². The minimum absolute atomic E-state index is 0.623. The van der Waals surface area contributed by atoms with Crippen molar-refractivity contribution in [3.63, 3.8) is 0 Å². The molecule has 7 nitrogen and oxygen atoms in total. The summed E-state index contributed by atoms with van der Waals surface area (Å²) in [4.78, 5) is 17.4. The van der Waals surface area contributed by atoms with Crippen molar-refractivity contribution in [3.8, 4) is 22.6 Å². The van der Waals surface area contributed by atoms with Gasteiger partial charge in [-0.05, 0) is 61.7 Å². The third kappa shape index (κ3) is 3.90. The number of nitrogens with one attached hydrogen (secondary N) is 2. The predicted octanol–water partition coefficient (Wildman–Crippen LogP) is 4.40. The molecule has 160 valence electrons. The average molecular weight is 424 g/mol. The number of hydrogen-bond donors (Lipinski definition) is 2. The number of aromatic nitrogens is 6. The van der Waals surface area contributed by atoms with E-state index in [-0.39, 0.29) is 0 Å². The first-order valence-electron chi connectivity index (χ1n) is 10.7. The van der Waals surface area contributed by atoms with Crippen LogP contribution < -0.4 is 5.32 Å². The Balaban J connectivity index is 1.47. The fraction of sp³-hybridized carbons (Fsp3) is 0.200. The van der Waals surface area contributed by atoms with Crippen LogP contribution in [0.15, 0.2) is 61.1 Å². The lowest BCUT2D eigenvalue weighted by Crippen LogP contribution is -2.14. The molecule has 0 unspecified atom stereocenters. The maximum absolute atomic E-state index is 4.93. The van der Waals surface area contributed by atoms with Crippen molar-refractivity contribution in [2.45, 2.75) is 33.9 Å². The number of pyridine rings is 2. The van der Waals surface area contributed by atoms with Crippen LogP contribution in [0.5, 0.6) is 0 Å². The highest BCUT2D eigenvalue weighted by molar-refractivity contribution is 5.77. The number of H-pyrrole nitrogens is 1. The molecule has 0 spiro atoms. The fourth-order valence-electron chi connectivity index (χ4n) is 3.86. The molecule has 0 atom stereocenters. The summed E-state index contributed by atoms with van der Waals surface area (Å²) in [6.07, 6.45) is 3.50. The molecule has 7 heteroatoms. The van der Waals surface area contributed by atoms with E-state index in [0.29, 0.717) is 6.54 Å². The lowest BCUT2D eigenvalue weighted by molar-refractivity contribution is 0.666. The molecule has 0 radical (unpaired) electrons. The van der Waals surface area contributed by atoms with Gasteiger partial charge in [0.15, 0.2) is 5.65 Å². The second-order valence-corrected chi connectivity index (χ2v) is 8.01. The van der Waals surface area contributed by atoms with E-state index < -0.39 is 0 Å². The molecule has 0 saturated heterocycles. The van der Waals surface area contributed by atoms with E-state index in [2.05, 4.69) is 52.4 Å². The normalized spacial score (nSPS) is 11.3. The summed E-state index contributed by atoms with van der Waals surface area (Å²) in [5.74, 6) is 0.863. The van der Waals surface area contributed by atoms with Crippen molar-refractivity contribution >= 4 is 5.65 Å². The third-order valence-electron chi connectivity index (χ3n) is 5.77. The highest BCUT2D eigenvalue weighted by atomic mass is 15.3. The Labute approximate surface area is 186 Å². The number of rotatable bonds is 6. The number of fused-ring (bicyclic) bond motifs is 1. The average Bonchev–Trinajstić information content (AvgIpc) is 3.43. The van der Waals surface area contributed by atoms with E-state index >= 15 is 0 Å². The van der Waals surface area contributed by atoms with Crippen molar-refractivity contribution in [2.75, 3.05) is 0 Å². The number of imidazole rings is 1. The van der Waals surface area contributed by atoms with Crippen molar-refractivity contribution in [1.29, 1.82) is 0 Å². The summed E-state index contributed by atoms with van der Waals surface area (Å²) < 4.78 is 1.76. The number of aryl methyl sites for hydroxylation is 2. The van der Waals surface area contributed by atoms with Gasteiger partial charge in [0.25, 0.3) is 0 Å². The van der Waals surface area contributed by atoms with Gasteiger partial charge in [-0.1, -0.05) is 24.3 Å². The summed E-state index contributed by atoms with van der Waals surface area (Å²) in [5.41, 5.74) is 9.27. The summed E-state index contributed by atoms with van der Waals surface area (Å²) in [7, 11) is 0. The maximum Gasteiger partial charge on any atom is 0.155 e. The molecule has 5 aromatic rings. The summed E-state index contributed by atoms with van der Waals surface area (Å²) in [6, 6.07) is 16.4. The molecule has 0 fully saturated rings. The third-order valence-corrected chi connectivity index (χ3v) is 5.77. The van der Waals surface area contributed by atoms with Gasteiger partial charge in [0.05, 0.1) is 23.6 Å². The van der Waals surface area contributed by atoms with E-state index in [1.165, 1.54) is 16.7 Å². The number of hydrogen-bond acceptors (Lipinski definition) is 5. The van der Waals surface area contributed by atoms with Gasteiger partial charge in [-0.15, -0.1) is 0 Å². The van der Waals surface area contributed by atoms with Gasteiger partial charge in [-0.3, -0.25) is 4.98 Å². The van der Waals surface area contributed by atoms with E-state index in [4.69, 9.17) is 9.97 Å². The minimum atomic E-state index is 0.623. The quantitative estimate of drug-likeness (QED) is 0.423. The van der Waals surface area contributed by atoms with Crippen LogP contribution in [0.4, 0.5) is 0 Å². The monoisotopic (exact) mass is 423 g/mol. The molecular weight excluding hydrogens is 398 g/mol. The molecule has 0 saturated carbocycles. The van der Waals surface area contributed by atoms with Gasteiger partial charge < -0.3 is 10.3 Å². The standard InChI is InChI=1S/C25H25N7/c1-16-6-4-8-19(18(16)3)12-26-13-22-30-24(20-10-11-23-27-15-28-32(23)14-20)25(31-22)21-9-5-7-17(2)29-21/h4-11,14-15,26H,12-13H2,1-3H3,(H,30,31). The number of aromatic amines is 1. The molecule has 4 aromatic heterocycles. The lowest BCUT2D eigenvalue weighted by Gasteiger charge is -2.09. The molecule has 32 heavy (non-hydrogen) atoms. The Bertz CT molecular complexity index is 1400. The Kier molecular flexibility index (Phi) is 5.25. The van der Waals surface area contributed by atoms with Gasteiger partial charge in [0, 0.05) is 24.0 Å². The molecule has 1 aromatic carbocycles. The second-order valence-electron chi connectivity index (χ2n) is 8.01. The molecule has 0 aliphatic carbocycles. The Hall–Kier alpha value is -3.84. The Morgan fingerprint density at radius 3 is 2.69 bits per heavy atom. The highest BCUT2D eigenvalue weighted by Gasteiger charge is 2.16. The Morgan fingerprint density at radius 2 is 1.81 bits per heavy atom. The van der Waals surface area contributed by atoms with Gasteiger partial charge >= 0.3 is 0 Å². The lowest BCUT2D eigenvalue weighted by atomic mass is 10.0. The summed E-state index contributed by atoms with van der Waals surface area (Å²) >= 11 is 0. The summed E-state index contributed by atoms with van der Waals surface area (Å²) in [6.45, 7) is 7.71. The zero-order chi connectivity index (χ0) is 22.1. The van der Waals surface area contributed by atoms with Crippen LogP contribution >= 0.6 is 0 Å². The largest absolute Gasteiger partial charge is 0.339 e. The molecule has 0 aliphatic rings. The first-order chi connectivity index (χ1) is 15.6. The van der Waals surface area contributed by atoms with Crippen molar-refractivity contribution in [3.05, 3.63) is 89.3 Å². The van der Waals surface area contributed by atoms with Crippen LogP contribution in [-0.2, 0) is 13.1 Å². The maximum atomic E-state index is 4.93. The highest BCUT2D eigenvalue weighted by Crippen LogP contribution is 2.29. The molecule has 0 bridgehead atoms. The topological polar surface area (TPSA) is 83.8 Å². The predicted molar refractivity (Wildman–Crippen MR) is 125 cm³/mol. The zero-order valence-corrected chi connectivity index (χ0v) is 18.4. The molecular formula is C25H25N7. The number of benzene rings is 1. The minimum Gasteiger partial charge on any atom is -0.339 e. The smallest absolute Gasteiger partial charge is 0.155 e. The first-order valence-corrected chi connectivity index (χ1v) is 10.7. The summed E-state index contributed by atoms with van der Waals surface area (Å²) in [5, 5.41) is 7.79. The number of nitrogens with zero attached hydrogens (tertiary/aromatic N) is 5. The van der Waals surface area contributed by atoms with E-state index in [1.54, 1.807) is 10.8 Å². The van der Waals surface area contributed by atoms with Crippen molar-refractivity contribution < 1.29 is 0 Å². The SMILES string of the molecule is Cc1cccc(-c2[nH]c(CNCc3cccc(C)c3C)nc2-c2ccc3ncnn3c2)n1. The van der Waals surface area contributed by atoms with E-state index in [1.807, 2.05) is 43.5 Å². The zero-order valence-electron chi connectivity index (χ0n) is 18.4. The Morgan fingerprint density at radius 1 is 0.938 bits per heavy atom. The molecule has 2 N–H and O–H groups in total. The van der Waals surface area contributed by atoms with E-state index in [0.717, 1.165) is 46.4 Å². The molecule has 0 aliphatic heterocycles. The van der Waals surface area contributed by atoms with Crippen LogP contribution in [0.3, 0.4) is 0 Å². The van der Waals surface area contributed by atoms with E-state index in [9.17, 15) is 0 Å². The fourth-order valence-corrected chi connectivity index (χ4v) is 3.86. The van der Waals surface area contributed by atoms with Crippen LogP contribution in [-0.4, -0.2) is 29.5 Å².